The van der Waals surface area contributed by atoms with Crippen molar-refractivity contribution in [3.63, 3.8) is 0 Å². The Hall–Kier alpha value is -2.37. The number of carbonyl (C=O) groups excluding carboxylic acids is 1. The van der Waals surface area contributed by atoms with Crippen molar-refractivity contribution in [3.8, 4) is 0 Å². The minimum Gasteiger partial charge on any atom is -0.378 e. The largest absolute Gasteiger partial charge is 0.378 e. The number of ketones is 1. The first kappa shape index (κ1) is 22.8. The summed E-state index contributed by atoms with van der Waals surface area (Å²) in [7, 11) is -3.78. The molecule has 2 aromatic rings. The summed E-state index contributed by atoms with van der Waals surface area (Å²) in [5.41, 5.74) is 7.93. The van der Waals surface area contributed by atoms with E-state index in [0.29, 0.717) is 49.2 Å². The third-order valence-electron chi connectivity index (χ3n) is 5.94. The molecule has 0 bridgehead atoms. The fraction of sp³-hybridized carbons (Fsp3) is 0.455. The molecule has 2 saturated heterocycles. The van der Waals surface area contributed by atoms with E-state index in [4.69, 9.17) is 10.5 Å². The highest BCUT2D eigenvalue weighted by atomic mass is 32.2. The van der Waals surface area contributed by atoms with Crippen LogP contribution in [0.1, 0.15) is 21.6 Å². The van der Waals surface area contributed by atoms with E-state index in [1.165, 1.54) is 14.8 Å². The Morgan fingerprint density at radius 2 is 1.94 bits per heavy atom. The standard InChI is InChI=1S/C22H29N5O4S/c1-17-3-2-4-20(11-17)27(14-19-6-5-18(13-24-19)22(28)12-23)32(29,30)26-9-7-25(8-10-26)21-15-31-16-21/h2-6,11,13,21H,7-10,12,14-16,23H2,1H3. The van der Waals surface area contributed by atoms with Gasteiger partial charge >= 0.3 is 10.2 Å². The number of piperazine rings is 1. The van der Waals surface area contributed by atoms with Gasteiger partial charge in [-0.25, -0.2) is 0 Å². The van der Waals surface area contributed by atoms with Crippen LogP contribution in [-0.4, -0.2) is 80.4 Å². The summed E-state index contributed by atoms with van der Waals surface area (Å²) in [5.74, 6) is -0.207. The lowest BCUT2D eigenvalue weighted by Crippen LogP contribution is -2.59. The van der Waals surface area contributed by atoms with Crippen molar-refractivity contribution >= 4 is 21.7 Å². The number of carbonyl (C=O) groups is 1. The third-order valence-corrected chi connectivity index (χ3v) is 7.86. The van der Waals surface area contributed by atoms with Crippen LogP contribution >= 0.6 is 0 Å². The van der Waals surface area contributed by atoms with Crippen LogP contribution in [-0.2, 0) is 21.5 Å². The van der Waals surface area contributed by atoms with Crippen molar-refractivity contribution in [1.82, 2.24) is 14.2 Å². The van der Waals surface area contributed by atoms with E-state index >= 15 is 0 Å². The Morgan fingerprint density at radius 3 is 2.50 bits per heavy atom. The topological polar surface area (TPSA) is 109 Å². The molecule has 3 heterocycles. The van der Waals surface area contributed by atoms with E-state index < -0.39 is 10.2 Å². The molecule has 2 fully saturated rings. The van der Waals surface area contributed by atoms with Crippen LogP contribution in [0.4, 0.5) is 5.69 Å². The molecule has 0 saturated carbocycles. The van der Waals surface area contributed by atoms with Gasteiger partial charge < -0.3 is 10.5 Å². The number of Topliss-reactive ketones (excluding diaryl/α,β-unsaturated/α-hetero) is 1. The molecule has 9 nitrogen and oxygen atoms in total. The molecular weight excluding hydrogens is 430 g/mol. The number of pyridine rings is 1. The summed E-state index contributed by atoms with van der Waals surface area (Å²) < 4.78 is 35.6. The second-order valence-corrected chi connectivity index (χ2v) is 10.00. The van der Waals surface area contributed by atoms with Gasteiger partial charge in [0.05, 0.1) is 43.7 Å². The van der Waals surface area contributed by atoms with Gasteiger partial charge in [0.25, 0.3) is 0 Å². The number of ether oxygens (including phenoxy) is 1. The van der Waals surface area contributed by atoms with Gasteiger partial charge in [-0.2, -0.15) is 12.7 Å². The quantitative estimate of drug-likeness (QED) is 0.582. The van der Waals surface area contributed by atoms with Gasteiger partial charge in [-0.15, -0.1) is 0 Å². The number of nitrogens with zero attached hydrogens (tertiary/aromatic N) is 4. The van der Waals surface area contributed by atoms with Gasteiger partial charge in [-0.1, -0.05) is 12.1 Å². The van der Waals surface area contributed by atoms with Gasteiger partial charge in [-0.05, 0) is 36.8 Å². The monoisotopic (exact) mass is 459 g/mol. The second-order valence-electron chi connectivity index (χ2n) is 8.15. The minimum absolute atomic E-state index is 0.0690. The summed E-state index contributed by atoms with van der Waals surface area (Å²) >= 11 is 0. The lowest BCUT2D eigenvalue weighted by Gasteiger charge is -2.43. The first-order valence-electron chi connectivity index (χ1n) is 10.7. The highest BCUT2D eigenvalue weighted by Crippen LogP contribution is 2.25. The van der Waals surface area contributed by atoms with Gasteiger partial charge in [-0.3, -0.25) is 19.0 Å². The molecule has 1 aromatic heterocycles. The van der Waals surface area contributed by atoms with Crippen LogP contribution < -0.4 is 10.0 Å². The molecule has 172 valence electrons. The molecule has 2 aliphatic heterocycles. The van der Waals surface area contributed by atoms with Gasteiger partial charge in [0.15, 0.2) is 5.78 Å². The Morgan fingerprint density at radius 1 is 1.19 bits per heavy atom. The van der Waals surface area contributed by atoms with Crippen LogP contribution in [0.3, 0.4) is 0 Å². The molecule has 32 heavy (non-hydrogen) atoms. The highest BCUT2D eigenvalue weighted by Gasteiger charge is 2.36. The summed E-state index contributed by atoms with van der Waals surface area (Å²) in [5, 5.41) is 0. The Kier molecular flexibility index (Phi) is 6.87. The Labute approximate surface area is 189 Å². The molecule has 0 amide bonds. The first-order chi connectivity index (χ1) is 15.4. The molecule has 0 unspecified atom stereocenters. The fourth-order valence-electron chi connectivity index (χ4n) is 3.91. The molecule has 4 rings (SSSR count). The molecule has 0 aliphatic carbocycles. The molecule has 2 N–H and O–H groups in total. The van der Waals surface area contributed by atoms with Gasteiger partial charge in [0.2, 0.25) is 0 Å². The van der Waals surface area contributed by atoms with E-state index in [1.54, 1.807) is 18.2 Å². The van der Waals surface area contributed by atoms with Crippen molar-refractivity contribution < 1.29 is 17.9 Å². The molecule has 10 heteroatoms. The van der Waals surface area contributed by atoms with E-state index in [9.17, 15) is 13.2 Å². The van der Waals surface area contributed by atoms with Crippen LogP contribution in [0.5, 0.6) is 0 Å². The fourth-order valence-corrected chi connectivity index (χ4v) is 5.49. The number of anilines is 1. The zero-order chi connectivity index (χ0) is 22.7. The smallest absolute Gasteiger partial charge is 0.304 e. The van der Waals surface area contributed by atoms with E-state index in [1.807, 2.05) is 25.1 Å². The Bertz CT molecular complexity index is 1050. The average Bonchev–Trinajstić information content (AvgIpc) is 2.76. The average molecular weight is 460 g/mol. The molecule has 0 spiro atoms. The van der Waals surface area contributed by atoms with Gasteiger partial charge in [0, 0.05) is 37.9 Å². The molecule has 0 atom stereocenters. The number of rotatable bonds is 8. The number of hydrogen-bond acceptors (Lipinski definition) is 7. The van der Waals surface area contributed by atoms with Crippen molar-refractivity contribution in [2.45, 2.75) is 19.5 Å². The molecule has 2 aliphatic rings. The van der Waals surface area contributed by atoms with Crippen LogP contribution in [0.15, 0.2) is 42.6 Å². The van der Waals surface area contributed by atoms with E-state index in [-0.39, 0.29) is 18.9 Å². The second kappa shape index (κ2) is 9.63. The predicted molar refractivity (Wildman–Crippen MR) is 122 cm³/mol. The minimum atomic E-state index is -3.78. The first-order valence-corrected chi connectivity index (χ1v) is 12.1. The van der Waals surface area contributed by atoms with Crippen molar-refractivity contribution in [2.24, 2.45) is 5.73 Å². The van der Waals surface area contributed by atoms with Gasteiger partial charge in [0.1, 0.15) is 0 Å². The lowest BCUT2D eigenvalue weighted by molar-refractivity contribution is -0.0721. The SMILES string of the molecule is Cc1cccc(N(Cc2ccc(C(=O)CN)cn2)S(=O)(=O)N2CCN(C3COC3)CC2)c1. The molecular formula is C22H29N5O4S. The number of aryl methyl sites for hydroxylation is 1. The summed E-state index contributed by atoms with van der Waals surface area (Å²) in [4.78, 5) is 18.4. The van der Waals surface area contributed by atoms with Crippen LogP contribution in [0.2, 0.25) is 0 Å². The lowest BCUT2D eigenvalue weighted by atomic mass is 10.2. The predicted octanol–water partition coefficient (Wildman–Crippen LogP) is 0.799. The van der Waals surface area contributed by atoms with Crippen LogP contribution in [0, 0.1) is 6.92 Å². The number of nitrogens with two attached hydrogens (primary N) is 1. The Balaban J connectivity index is 1.57. The number of benzene rings is 1. The highest BCUT2D eigenvalue weighted by molar-refractivity contribution is 7.90. The summed E-state index contributed by atoms with van der Waals surface area (Å²) in [6.45, 7) is 5.57. The maximum atomic E-state index is 13.7. The zero-order valence-corrected chi connectivity index (χ0v) is 19.0. The zero-order valence-electron chi connectivity index (χ0n) is 18.2. The van der Waals surface area contributed by atoms with Crippen molar-refractivity contribution in [1.29, 1.82) is 0 Å². The maximum absolute atomic E-state index is 13.7. The summed E-state index contributed by atoms with van der Waals surface area (Å²) in [6.07, 6.45) is 1.45. The third kappa shape index (κ3) is 4.84. The van der Waals surface area contributed by atoms with Crippen LogP contribution in [0.25, 0.3) is 0 Å². The van der Waals surface area contributed by atoms with Crippen molar-refractivity contribution in [2.75, 3.05) is 50.2 Å². The van der Waals surface area contributed by atoms with Crippen molar-refractivity contribution in [3.05, 3.63) is 59.4 Å². The number of hydrogen-bond donors (Lipinski definition) is 1. The van der Waals surface area contributed by atoms with E-state index in [0.717, 1.165) is 18.8 Å². The molecule has 1 aromatic carbocycles. The normalized spacial score (nSPS) is 18.3. The summed E-state index contributed by atoms with van der Waals surface area (Å²) in [6, 6.07) is 11.1. The maximum Gasteiger partial charge on any atom is 0.304 e. The molecule has 0 radical (unpaired) electrons. The van der Waals surface area contributed by atoms with E-state index in [2.05, 4.69) is 9.88 Å². The number of aromatic nitrogens is 1.